The number of rotatable bonds is 6. The zero-order valence-corrected chi connectivity index (χ0v) is 13.9. The Bertz CT molecular complexity index is 855. The fraction of sp³-hybridized carbons (Fsp3) is 0.143. The van der Waals surface area contributed by atoms with Crippen LogP contribution in [0.2, 0.25) is 0 Å². The fourth-order valence-electron chi connectivity index (χ4n) is 2.52. The highest BCUT2D eigenvalue weighted by molar-refractivity contribution is 6.15. The molecule has 0 amide bonds. The summed E-state index contributed by atoms with van der Waals surface area (Å²) in [5.74, 6) is -0.148. The summed E-state index contributed by atoms with van der Waals surface area (Å²) in [6, 6.07) is 13.8. The van der Waals surface area contributed by atoms with Gasteiger partial charge in [0.1, 0.15) is 12.1 Å². The summed E-state index contributed by atoms with van der Waals surface area (Å²) in [5, 5.41) is 18.7. The van der Waals surface area contributed by atoms with Gasteiger partial charge in [-0.3, -0.25) is 0 Å². The molecule has 0 saturated carbocycles. The Kier molecular flexibility index (Phi) is 6.39. The quantitative estimate of drug-likeness (QED) is 0.715. The number of benzene rings is 1. The Morgan fingerprint density at radius 2 is 1.64 bits per heavy atom. The smallest absolute Gasteiger partial charge is 0.177 e. The van der Waals surface area contributed by atoms with Gasteiger partial charge < -0.3 is 0 Å². The third-order valence-corrected chi connectivity index (χ3v) is 3.69. The molecule has 1 atom stereocenters. The number of allylic oxidation sites excluding steroid dienone is 5. The van der Waals surface area contributed by atoms with Crippen molar-refractivity contribution in [1.29, 1.82) is 10.5 Å². The van der Waals surface area contributed by atoms with Gasteiger partial charge in [-0.1, -0.05) is 48.6 Å². The Morgan fingerprint density at radius 3 is 2.24 bits per heavy atom. The van der Waals surface area contributed by atoms with Gasteiger partial charge in [0.15, 0.2) is 11.4 Å². The minimum absolute atomic E-state index is 0.0309. The number of aliphatic imine (C=N–C) groups is 2. The van der Waals surface area contributed by atoms with E-state index in [1.54, 1.807) is 12.2 Å². The molecule has 4 nitrogen and oxygen atoms in total. The molecule has 122 valence electrons. The molecule has 0 aliphatic carbocycles. The van der Waals surface area contributed by atoms with E-state index in [-0.39, 0.29) is 17.3 Å². The van der Waals surface area contributed by atoms with Crippen LogP contribution >= 0.6 is 0 Å². The average Bonchev–Trinajstić information content (AvgIpc) is 2.78. The first-order valence-corrected chi connectivity index (χ1v) is 7.89. The summed E-state index contributed by atoms with van der Waals surface area (Å²) in [6.45, 7) is 7.57. The molecule has 1 aromatic rings. The maximum absolute atomic E-state index is 9.35. The van der Waals surface area contributed by atoms with Gasteiger partial charge >= 0.3 is 0 Å². The SMILES string of the molecule is C=CCC1=NC(C#N)=C(C#N)N=C(C=Cc2ccccc2)C1CC=C. The van der Waals surface area contributed by atoms with Crippen molar-refractivity contribution < 1.29 is 0 Å². The van der Waals surface area contributed by atoms with E-state index in [1.165, 1.54) is 0 Å². The molecule has 1 aromatic carbocycles. The first-order valence-electron chi connectivity index (χ1n) is 7.89. The van der Waals surface area contributed by atoms with Crippen molar-refractivity contribution in [2.75, 3.05) is 0 Å². The van der Waals surface area contributed by atoms with E-state index in [2.05, 4.69) is 23.1 Å². The molecule has 0 N–H and O–H groups in total. The van der Waals surface area contributed by atoms with Gasteiger partial charge in [-0.25, -0.2) is 9.98 Å². The normalized spacial score (nSPS) is 17.1. The minimum Gasteiger partial charge on any atom is -0.243 e. The molecule has 0 bridgehead atoms. The van der Waals surface area contributed by atoms with Gasteiger partial charge in [-0.2, -0.15) is 10.5 Å². The van der Waals surface area contributed by atoms with Crippen molar-refractivity contribution in [3.63, 3.8) is 0 Å². The predicted octanol–water partition coefficient (Wildman–Crippen LogP) is 4.62. The minimum atomic E-state index is -0.148. The zero-order chi connectivity index (χ0) is 18.1. The van der Waals surface area contributed by atoms with Gasteiger partial charge in [-0.15, -0.1) is 13.2 Å². The lowest BCUT2D eigenvalue weighted by Crippen LogP contribution is -2.21. The lowest BCUT2D eigenvalue weighted by atomic mass is 9.91. The molecule has 2 rings (SSSR count). The molecule has 0 spiro atoms. The van der Waals surface area contributed by atoms with E-state index in [0.29, 0.717) is 18.6 Å². The molecule has 4 heteroatoms. The van der Waals surface area contributed by atoms with Crippen LogP contribution in [0.1, 0.15) is 18.4 Å². The topological polar surface area (TPSA) is 72.3 Å². The maximum atomic E-state index is 9.35. The van der Waals surface area contributed by atoms with E-state index in [4.69, 9.17) is 0 Å². The molecule has 0 fully saturated rings. The lowest BCUT2D eigenvalue weighted by molar-refractivity contribution is 0.917. The van der Waals surface area contributed by atoms with Crippen LogP contribution in [-0.2, 0) is 0 Å². The van der Waals surface area contributed by atoms with E-state index in [9.17, 15) is 10.5 Å². The summed E-state index contributed by atoms with van der Waals surface area (Å²) in [6.07, 6.45) is 8.47. The van der Waals surface area contributed by atoms with E-state index in [0.717, 1.165) is 11.3 Å². The number of hydrogen-bond acceptors (Lipinski definition) is 4. The number of nitriles is 2. The Labute approximate surface area is 148 Å². The molecule has 1 aliphatic rings. The first-order chi connectivity index (χ1) is 12.2. The standard InChI is InChI=1S/C21H18N4/c1-3-8-17-18(9-4-2)24-20(14-22)21(15-23)25-19(17)13-12-16-10-6-5-7-11-16/h3-7,10-13,17H,1-2,8-9H2. The molecular weight excluding hydrogens is 308 g/mol. The van der Waals surface area contributed by atoms with Crippen LogP contribution in [0.25, 0.3) is 6.08 Å². The molecule has 0 aromatic heterocycles. The van der Waals surface area contributed by atoms with Crippen molar-refractivity contribution in [1.82, 2.24) is 0 Å². The Hall–Kier alpha value is -3.50. The lowest BCUT2D eigenvalue weighted by Gasteiger charge is -2.16. The van der Waals surface area contributed by atoms with E-state index in [1.807, 2.05) is 54.6 Å². The highest BCUT2D eigenvalue weighted by atomic mass is 14.9. The van der Waals surface area contributed by atoms with Crippen LogP contribution < -0.4 is 0 Å². The highest BCUT2D eigenvalue weighted by Gasteiger charge is 2.23. The van der Waals surface area contributed by atoms with Gasteiger partial charge in [0.25, 0.3) is 0 Å². The Morgan fingerprint density at radius 1 is 0.960 bits per heavy atom. The summed E-state index contributed by atoms with van der Waals surface area (Å²) in [5.41, 5.74) is 2.54. The van der Waals surface area contributed by atoms with Crippen LogP contribution in [0.3, 0.4) is 0 Å². The van der Waals surface area contributed by atoms with Crippen molar-refractivity contribution in [3.05, 3.63) is 78.7 Å². The van der Waals surface area contributed by atoms with Gasteiger partial charge in [-0.05, 0) is 18.1 Å². The predicted molar refractivity (Wildman–Crippen MR) is 102 cm³/mol. The van der Waals surface area contributed by atoms with Crippen LogP contribution in [0, 0.1) is 28.6 Å². The van der Waals surface area contributed by atoms with Crippen molar-refractivity contribution in [2.45, 2.75) is 12.8 Å². The second-order valence-corrected chi connectivity index (χ2v) is 5.37. The number of nitrogens with zero attached hydrogens (tertiary/aromatic N) is 4. The molecule has 25 heavy (non-hydrogen) atoms. The number of hydrogen-bond donors (Lipinski definition) is 0. The molecular formula is C21H18N4. The maximum Gasteiger partial charge on any atom is 0.177 e. The molecule has 0 radical (unpaired) electrons. The zero-order valence-electron chi connectivity index (χ0n) is 13.9. The van der Waals surface area contributed by atoms with Gasteiger partial charge in [0.05, 0.1) is 5.71 Å². The third kappa shape index (κ3) is 4.50. The molecule has 1 aliphatic heterocycles. The summed E-state index contributed by atoms with van der Waals surface area (Å²) in [7, 11) is 0. The van der Waals surface area contributed by atoms with E-state index < -0.39 is 0 Å². The third-order valence-electron chi connectivity index (χ3n) is 3.69. The van der Waals surface area contributed by atoms with Crippen molar-refractivity contribution >= 4 is 17.5 Å². The van der Waals surface area contributed by atoms with Crippen molar-refractivity contribution in [3.8, 4) is 12.1 Å². The summed E-state index contributed by atoms with van der Waals surface area (Å²) < 4.78 is 0. The second kappa shape index (κ2) is 8.96. The van der Waals surface area contributed by atoms with Crippen molar-refractivity contribution in [2.24, 2.45) is 15.9 Å². The highest BCUT2D eigenvalue weighted by Crippen LogP contribution is 2.23. The van der Waals surface area contributed by atoms with E-state index >= 15 is 0 Å². The molecule has 1 heterocycles. The summed E-state index contributed by atoms with van der Waals surface area (Å²) in [4.78, 5) is 8.81. The van der Waals surface area contributed by atoms with Crippen LogP contribution in [0.15, 0.2) is 83.1 Å². The second-order valence-electron chi connectivity index (χ2n) is 5.37. The van der Waals surface area contributed by atoms with Crippen LogP contribution in [0.4, 0.5) is 0 Å². The fourth-order valence-corrected chi connectivity index (χ4v) is 2.52. The Balaban J connectivity index is 2.55. The molecule has 0 saturated heterocycles. The van der Waals surface area contributed by atoms with Gasteiger partial charge in [0.2, 0.25) is 0 Å². The largest absolute Gasteiger partial charge is 0.243 e. The molecule has 1 unspecified atom stereocenters. The average molecular weight is 326 g/mol. The first kappa shape index (κ1) is 17.8. The monoisotopic (exact) mass is 326 g/mol. The summed E-state index contributed by atoms with van der Waals surface area (Å²) >= 11 is 0. The van der Waals surface area contributed by atoms with Crippen LogP contribution in [0.5, 0.6) is 0 Å². The van der Waals surface area contributed by atoms with Gasteiger partial charge in [0, 0.05) is 18.1 Å². The van der Waals surface area contributed by atoms with Crippen LogP contribution in [-0.4, -0.2) is 11.4 Å².